The molecule has 1 atom stereocenters. The van der Waals surface area contributed by atoms with E-state index < -0.39 is 0 Å². The molecular weight excluding hydrogens is 264 g/mol. The second kappa shape index (κ2) is 6.72. The van der Waals surface area contributed by atoms with E-state index in [1.165, 1.54) is 24.0 Å². The van der Waals surface area contributed by atoms with Gasteiger partial charge in [-0.3, -0.25) is 5.10 Å². The van der Waals surface area contributed by atoms with Crippen LogP contribution in [-0.2, 0) is 12.8 Å². The van der Waals surface area contributed by atoms with Gasteiger partial charge in [0, 0.05) is 12.5 Å². The molecule has 0 saturated heterocycles. The molecule has 5 heteroatoms. The zero-order valence-corrected chi connectivity index (χ0v) is 12.4. The van der Waals surface area contributed by atoms with Crippen molar-refractivity contribution in [3.63, 3.8) is 0 Å². The largest absolute Gasteiger partial charge is 0.497 e. The molecule has 0 saturated carbocycles. The van der Waals surface area contributed by atoms with Gasteiger partial charge in [-0.1, -0.05) is 6.07 Å². The molecular formula is C16H22N4O. The fourth-order valence-corrected chi connectivity index (χ4v) is 3.01. The molecule has 1 unspecified atom stereocenters. The molecule has 5 nitrogen and oxygen atoms in total. The summed E-state index contributed by atoms with van der Waals surface area (Å²) in [7, 11) is 1.73. The predicted octanol–water partition coefficient (Wildman–Crippen LogP) is 2.41. The van der Waals surface area contributed by atoms with E-state index in [2.05, 4.69) is 38.7 Å². The average Bonchev–Trinajstić information content (AvgIpc) is 3.04. The van der Waals surface area contributed by atoms with Crippen molar-refractivity contribution in [1.82, 2.24) is 20.5 Å². The molecule has 2 aromatic rings. The summed E-state index contributed by atoms with van der Waals surface area (Å²) in [5.41, 5.74) is 2.86. The molecule has 2 N–H and O–H groups in total. The van der Waals surface area contributed by atoms with Gasteiger partial charge >= 0.3 is 0 Å². The highest BCUT2D eigenvalue weighted by atomic mass is 16.5. The number of hydrogen-bond donors (Lipinski definition) is 2. The average molecular weight is 286 g/mol. The molecule has 1 aliphatic carbocycles. The number of H-pyrrole nitrogens is 1. The van der Waals surface area contributed by atoms with Crippen LogP contribution < -0.4 is 10.1 Å². The summed E-state index contributed by atoms with van der Waals surface area (Å²) >= 11 is 0. The first-order chi connectivity index (χ1) is 10.4. The number of aromatic nitrogens is 3. The van der Waals surface area contributed by atoms with Crippen LogP contribution in [-0.4, -0.2) is 28.8 Å². The minimum atomic E-state index is 0.467. The van der Waals surface area contributed by atoms with Crippen molar-refractivity contribution in [2.75, 3.05) is 13.7 Å². The Labute approximate surface area is 125 Å². The summed E-state index contributed by atoms with van der Waals surface area (Å²) in [5.74, 6) is 1.92. The number of nitrogens with zero attached hydrogens (tertiary/aromatic N) is 2. The number of hydrogen-bond acceptors (Lipinski definition) is 4. The van der Waals surface area contributed by atoms with Gasteiger partial charge < -0.3 is 10.1 Å². The smallest absolute Gasteiger partial charge is 0.137 e. The Morgan fingerprint density at radius 1 is 1.43 bits per heavy atom. The lowest BCUT2D eigenvalue weighted by Crippen LogP contribution is -2.26. The lowest BCUT2D eigenvalue weighted by molar-refractivity contribution is 0.410. The first-order valence-electron chi connectivity index (χ1n) is 7.61. The van der Waals surface area contributed by atoms with E-state index in [1.54, 1.807) is 13.4 Å². The van der Waals surface area contributed by atoms with Crippen LogP contribution in [0.3, 0.4) is 0 Å². The molecule has 0 aliphatic heterocycles. The van der Waals surface area contributed by atoms with Crippen LogP contribution in [0, 0.1) is 0 Å². The molecule has 0 bridgehead atoms. The highest BCUT2D eigenvalue weighted by Gasteiger charge is 2.19. The van der Waals surface area contributed by atoms with E-state index in [-0.39, 0.29) is 0 Å². The van der Waals surface area contributed by atoms with E-state index in [0.717, 1.165) is 37.4 Å². The summed E-state index contributed by atoms with van der Waals surface area (Å²) < 4.78 is 5.32. The summed E-state index contributed by atoms with van der Waals surface area (Å²) in [6.45, 7) is 0.997. The molecule has 3 rings (SSSR count). The fourth-order valence-electron chi connectivity index (χ4n) is 3.01. The van der Waals surface area contributed by atoms with Gasteiger partial charge in [-0.2, -0.15) is 5.10 Å². The van der Waals surface area contributed by atoms with Gasteiger partial charge in [0.25, 0.3) is 0 Å². The van der Waals surface area contributed by atoms with Crippen LogP contribution >= 0.6 is 0 Å². The second-order valence-corrected chi connectivity index (χ2v) is 5.50. The Kier molecular flexibility index (Phi) is 4.50. The van der Waals surface area contributed by atoms with Crippen LogP contribution in [0.1, 0.15) is 42.3 Å². The van der Waals surface area contributed by atoms with Crippen LogP contribution in [0.25, 0.3) is 0 Å². The molecule has 1 aliphatic rings. The molecule has 21 heavy (non-hydrogen) atoms. The summed E-state index contributed by atoms with van der Waals surface area (Å²) in [5, 5.41) is 10.4. The Hall–Kier alpha value is -1.88. The lowest BCUT2D eigenvalue weighted by Gasteiger charge is -2.27. The molecule has 112 valence electrons. The third-order valence-electron chi connectivity index (χ3n) is 4.11. The first-order valence-corrected chi connectivity index (χ1v) is 7.61. The molecule has 0 amide bonds. The Morgan fingerprint density at radius 2 is 2.38 bits per heavy atom. The lowest BCUT2D eigenvalue weighted by atomic mass is 9.87. The van der Waals surface area contributed by atoms with Crippen LogP contribution in [0.2, 0.25) is 0 Å². The van der Waals surface area contributed by atoms with E-state index in [1.807, 2.05) is 0 Å². The van der Waals surface area contributed by atoms with Crippen LogP contribution in [0.4, 0.5) is 0 Å². The normalized spacial score (nSPS) is 17.5. The van der Waals surface area contributed by atoms with Gasteiger partial charge in [-0.15, -0.1) is 0 Å². The van der Waals surface area contributed by atoms with Crippen molar-refractivity contribution in [3.05, 3.63) is 41.5 Å². The van der Waals surface area contributed by atoms with Gasteiger partial charge in [-0.25, -0.2) is 4.98 Å². The van der Waals surface area contributed by atoms with Crippen molar-refractivity contribution >= 4 is 0 Å². The topological polar surface area (TPSA) is 62.8 Å². The minimum absolute atomic E-state index is 0.467. The van der Waals surface area contributed by atoms with Crippen molar-refractivity contribution in [2.45, 2.75) is 38.1 Å². The van der Waals surface area contributed by atoms with Crippen molar-refractivity contribution in [1.29, 1.82) is 0 Å². The summed E-state index contributed by atoms with van der Waals surface area (Å²) in [4.78, 5) is 4.15. The fraction of sp³-hybridized carbons (Fsp3) is 0.500. The highest BCUT2D eigenvalue weighted by Crippen LogP contribution is 2.32. The van der Waals surface area contributed by atoms with Gasteiger partial charge in [-0.05, 0) is 55.5 Å². The SMILES string of the molecule is COc1ccc2c(c1)CCCC2NCCCc1ncn[nH]1. The van der Waals surface area contributed by atoms with Crippen molar-refractivity contribution < 1.29 is 4.74 Å². The molecule has 1 heterocycles. The van der Waals surface area contributed by atoms with E-state index in [4.69, 9.17) is 4.74 Å². The zero-order valence-electron chi connectivity index (χ0n) is 12.4. The number of benzene rings is 1. The van der Waals surface area contributed by atoms with E-state index in [9.17, 15) is 0 Å². The third-order valence-corrected chi connectivity index (χ3v) is 4.11. The quantitative estimate of drug-likeness (QED) is 0.801. The number of ether oxygens (including phenoxy) is 1. The van der Waals surface area contributed by atoms with E-state index in [0.29, 0.717) is 6.04 Å². The summed E-state index contributed by atoms with van der Waals surface area (Å²) in [6, 6.07) is 6.92. The number of nitrogens with one attached hydrogen (secondary N) is 2. The number of fused-ring (bicyclic) bond motifs is 1. The summed E-state index contributed by atoms with van der Waals surface area (Å²) in [6.07, 6.45) is 7.17. The predicted molar refractivity (Wildman–Crippen MR) is 81.4 cm³/mol. The Bertz CT molecular complexity index is 568. The second-order valence-electron chi connectivity index (χ2n) is 5.50. The first kappa shape index (κ1) is 14.1. The van der Waals surface area contributed by atoms with Crippen LogP contribution in [0.15, 0.2) is 24.5 Å². The van der Waals surface area contributed by atoms with Crippen LogP contribution in [0.5, 0.6) is 5.75 Å². The van der Waals surface area contributed by atoms with Gasteiger partial charge in [0.05, 0.1) is 7.11 Å². The molecule has 0 spiro atoms. The molecule has 1 aromatic heterocycles. The molecule has 0 radical (unpaired) electrons. The number of aryl methyl sites for hydroxylation is 2. The Morgan fingerprint density at radius 3 is 3.19 bits per heavy atom. The standard InChI is InChI=1S/C16H22N4O/c1-21-13-7-8-14-12(10-13)4-2-5-15(14)17-9-3-6-16-18-11-19-20-16/h7-8,10-11,15,17H,2-6,9H2,1H3,(H,18,19,20). The maximum atomic E-state index is 5.32. The van der Waals surface area contributed by atoms with Crippen molar-refractivity contribution in [2.24, 2.45) is 0 Å². The minimum Gasteiger partial charge on any atom is -0.497 e. The number of aromatic amines is 1. The highest BCUT2D eigenvalue weighted by molar-refractivity contribution is 5.39. The number of methoxy groups -OCH3 is 1. The van der Waals surface area contributed by atoms with Gasteiger partial charge in [0.2, 0.25) is 0 Å². The zero-order chi connectivity index (χ0) is 14.5. The van der Waals surface area contributed by atoms with E-state index >= 15 is 0 Å². The van der Waals surface area contributed by atoms with Gasteiger partial charge in [0.1, 0.15) is 17.9 Å². The number of rotatable bonds is 6. The maximum absolute atomic E-state index is 5.32. The van der Waals surface area contributed by atoms with Gasteiger partial charge in [0.15, 0.2) is 0 Å². The molecule has 0 fully saturated rings. The Balaban J connectivity index is 1.55. The monoisotopic (exact) mass is 286 g/mol. The molecule has 1 aromatic carbocycles. The van der Waals surface area contributed by atoms with Crippen molar-refractivity contribution in [3.8, 4) is 5.75 Å². The maximum Gasteiger partial charge on any atom is 0.137 e. The third kappa shape index (κ3) is 3.42.